The number of hydrogen-bond acceptors (Lipinski definition) is 2. The van der Waals surface area contributed by atoms with Gasteiger partial charge in [0.05, 0.1) is 0 Å². The molecule has 2 N–H and O–H groups in total. The number of nitrogens with one attached hydrogen (secondary N) is 2. The zero-order valence-corrected chi connectivity index (χ0v) is 12.8. The van der Waals surface area contributed by atoms with Gasteiger partial charge in [0.15, 0.2) is 0 Å². The van der Waals surface area contributed by atoms with Crippen molar-refractivity contribution in [1.82, 2.24) is 10.3 Å². The van der Waals surface area contributed by atoms with Gasteiger partial charge < -0.3 is 10.3 Å². The number of thioether (sulfide) groups is 1. The minimum absolute atomic E-state index is 0.0271. The summed E-state index contributed by atoms with van der Waals surface area (Å²) in [6.07, 6.45) is 8.79. The van der Waals surface area contributed by atoms with E-state index >= 15 is 0 Å². The Morgan fingerprint density at radius 3 is 2.90 bits per heavy atom. The molecule has 1 heterocycles. The third-order valence-electron chi connectivity index (χ3n) is 3.40. The molecule has 3 nitrogen and oxygen atoms in total. The van der Waals surface area contributed by atoms with Crippen molar-refractivity contribution in [1.29, 1.82) is 0 Å². The molecular formula is C16H22N2OS. The van der Waals surface area contributed by atoms with Crippen LogP contribution in [0.25, 0.3) is 10.9 Å². The Balaban J connectivity index is 1.76. The molecule has 0 saturated heterocycles. The van der Waals surface area contributed by atoms with Crippen LogP contribution in [0.1, 0.15) is 36.0 Å². The van der Waals surface area contributed by atoms with Crippen LogP contribution in [0.2, 0.25) is 0 Å². The summed E-state index contributed by atoms with van der Waals surface area (Å²) in [7, 11) is 0. The van der Waals surface area contributed by atoms with E-state index in [1.54, 1.807) is 0 Å². The van der Waals surface area contributed by atoms with Crippen LogP contribution >= 0.6 is 11.8 Å². The lowest BCUT2D eigenvalue weighted by atomic mass is 10.1. The van der Waals surface area contributed by atoms with Gasteiger partial charge >= 0.3 is 0 Å². The fraction of sp³-hybridized carbons (Fsp3) is 0.438. The third kappa shape index (κ3) is 4.04. The van der Waals surface area contributed by atoms with Crippen molar-refractivity contribution < 1.29 is 4.79 Å². The van der Waals surface area contributed by atoms with Gasteiger partial charge in [0.2, 0.25) is 0 Å². The molecule has 0 saturated carbocycles. The van der Waals surface area contributed by atoms with Crippen molar-refractivity contribution in [3.63, 3.8) is 0 Å². The molecule has 1 aromatic carbocycles. The van der Waals surface area contributed by atoms with Gasteiger partial charge in [0.25, 0.3) is 5.91 Å². The minimum Gasteiger partial charge on any atom is -0.361 e. The Bertz CT molecular complexity index is 550. The van der Waals surface area contributed by atoms with Gasteiger partial charge in [-0.3, -0.25) is 4.79 Å². The molecular weight excluding hydrogens is 268 g/mol. The molecule has 1 aromatic heterocycles. The first-order valence-corrected chi connectivity index (χ1v) is 8.55. The monoisotopic (exact) mass is 290 g/mol. The predicted octanol–water partition coefficient (Wildman–Crippen LogP) is 3.82. The van der Waals surface area contributed by atoms with Crippen LogP contribution in [0.5, 0.6) is 0 Å². The Kier molecular flexibility index (Phi) is 5.99. The number of aromatic amines is 1. The summed E-state index contributed by atoms with van der Waals surface area (Å²) in [5.74, 6) is 1.27. The summed E-state index contributed by atoms with van der Waals surface area (Å²) in [5, 5.41) is 4.00. The van der Waals surface area contributed by atoms with Crippen LogP contribution in [0.15, 0.2) is 30.5 Å². The number of aromatic nitrogens is 1. The first kappa shape index (κ1) is 15.0. The molecule has 0 aliphatic rings. The predicted molar refractivity (Wildman–Crippen MR) is 87.5 cm³/mol. The summed E-state index contributed by atoms with van der Waals surface area (Å²) in [5.41, 5.74) is 1.76. The van der Waals surface area contributed by atoms with Crippen molar-refractivity contribution in [3.05, 3.63) is 36.0 Å². The lowest BCUT2D eigenvalue weighted by molar-refractivity contribution is 0.0954. The molecule has 0 atom stereocenters. The number of carbonyl (C=O) groups excluding carboxylic acids is 1. The largest absolute Gasteiger partial charge is 0.361 e. The lowest BCUT2D eigenvalue weighted by Crippen LogP contribution is -2.24. The van der Waals surface area contributed by atoms with E-state index in [-0.39, 0.29) is 5.91 Å². The molecule has 0 aliphatic heterocycles. The number of unbranched alkanes of at least 4 members (excludes halogenated alkanes) is 3. The molecule has 0 bridgehead atoms. The van der Waals surface area contributed by atoms with Crippen LogP contribution in [0.4, 0.5) is 0 Å². The maximum atomic E-state index is 12.2. The fourth-order valence-corrected chi connectivity index (χ4v) is 2.80. The first-order valence-electron chi connectivity index (χ1n) is 7.16. The summed E-state index contributed by atoms with van der Waals surface area (Å²) in [4.78, 5) is 15.3. The highest BCUT2D eigenvalue weighted by molar-refractivity contribution is 7.98. The maximum absolute atomic E-state index is 12.2. The summed E-state index contributed by atoms with van der Waals surface area (Å²) in [6.45, 7) is 0.763. The fourth-order valence-electron chi connectivity index (χ4n) is 2.31. The van der Waals surface area contributed by atoms with Crippen molar-refractivity contribution >= 4 is 28.6 Å². The molecule has 0 spiro atoms. The zero-order chi connectivity index (χ0) is 14.2. The van der Waals surface area contributed by atoms with Crippen molar-refractivity contribution in [3.8, 4) is 0 Å². The number of fused-ring (bicyclic) bond motifs is 1. The highest BCUT2D eigenvalue weighted by Gasteiger charge is 2.09. The van der Waals surface area contributed by atoms with Gasteiger partial charge in [-0.1, -0.05) is 18.9 Å². The highest BCUT2D eigenvalue weighted by atomic mass is 32.2. The maximum Gasteiger partial charge on any atom is 0.251 e. The Labute approximate surface area is 124 Å². The molecule has 1 amide bonds. The van der Waals surface area contributed by atoms with Crippen LogP contribution < -0.4 is 5.32 Å². The topological polar surface area (TPSA) is 44.9 Å². The molecule has 2 rings (SSSR count). The van der Waals surface area contributed by atoms with Crippen molar-refractivity contribution in [2.45, 2.75) is 25.7 Å². The number of H-pyrrole nitrogens is 1. The van der Waals surface area contributed by atoms with Gasteiger partial charge in [0, 0.05) is 29.2 Å². The van der Waals surface area contributed by atoms with Crippen molar-refractivity contribution in [2.24, 2.45) is 0 Å². The third-order valence-corrected chi connectivity index (χ3v) is 4.10. The SMILES string of the molecule is CSCCCCCCNC(=O)c1cccc2[nH]ccc12. The molecule has 0 radical (unpaired) electrons. The summed E-state index contributed by atoms with van der Waals surface area (Å²) < 4.78 is 0. The second-order valence-corrected chi connectivity index (χ2v) is 5.89. The van der Waals surface area contributed by atoms with E-state index < -0.39 is 0 Å². The molecule has 20 heavy (non-hydrogen) atoms. The van der Waals surface area contributed by atoms with Gasteiger partial charge in [0.1, 0.15) is 0 Å². The van der Waals surface area contributed by atoms with Crippen LogP contribution in [0.3, 0.4) is 0 Å². The second-order valence-electron chi connectivity index (χ2n) is 4.91. The van der Waals surface area contributed by atoms with E-state index in [1.807, 2.05) is 42.2 Å². The van der Waals surface area contributed by atoms with E-state index in [1.165, 1.54) is 25.0 Å². The number of amides is 1. The first-order chi connectivity index (χ1) is 9.83. The summed E-state index contributed by atoms with van der Waals surface area (Å²) >= 11 is 1.90. The van der Waals surface area contributed by atoms with Gasteiger partial charge in [-0.05, 0) is 43.0 Å². The Morgan fingerprint density at radius 2 is 2.05 bits per heavy atom. The van der Waals surface area contributed by atoms with E-state index in [0.717, 1.165) is 29.4 Å². The average Bonchev–Trinajstić information content (AvgIpc) is 2.94. The quantitative estimate of drug-likeness (QED) is 0.726. The van der Waals surface area contributed by atoms with Crippen LogP contribution in [0, 0.1) is 0 Å². The van der Waals surface area contributed by atoms with Crippen LogP contribution in [-0.4, -0.2) is 29.4 Å². The minimum atomic E-state index is 0.0271. The average molecular weight is 290 g/mol. The Hall–Kier alpha value is -1.42. The molecule has 4 heteroatoms. The van der Waals surface area contributed by atoms with Gasteiger partial charge in [-0.2, -0.15) is 11.8 Å². The number of hydrogen-bond donors (Lipinski definition) is 2. The number of rotatable bonds is 8. The molecule has 0 unspecified atom stereocenters. The van der Waals surface area contributed by atoms with E-state index in [9.17, 15) is 4.79 Å². The van der Waals surface area contributed by atoms with Crippen molar-refractivity contribution in [2.75, 3.05) is 18.6 Å². The lowest BCUT2D eigenvalue weighted by Gasteiger charge is -2.06. The molecule has 0 aliphatic carbocycles. The standard InChI is InChI=1S/C16H22N2OS/c1-20-12-5-3-2-4-10-18-16(19)14-7-6-8-15-13(14)9-11-17-15/h6-9,11,17H,2-5,10,12H2,1H3,(H,18,19). The molecule has 0 fully saturated rings. The van der Waals surface area contributed by atoms with E-state index in [0.29, 0.717) is 0 Å². The molecule has 2 aromatic rings. The number of benzene rings is 1. The smallest absolute Gasteiger partial charge is 0.251 e. The summed E-state index contributed by atoms with van der Waals surface area (Å²) in [6, 6.07) is 7.73. The van der Waals surface area contributed by atoms with E-state index in [2.05, 4.69) is 16.6 Å². The van der Waals surface area contributed by atoms with Gasteiger partial charge in [-0.15, -0.1) is 0 Å². The molecule has 108 valence electrons. The van der Waals surface area contributed by atoms with Crippen LogP contribution in [-0.2, 0) is 0 Å². The number of carbonyl (C=O) groups is 1. The van der Waals surface area contributed by atoms with Gasteiger partial charge in [-0.25, -0.2) is 0 Å². The Morgan fingerprint density at radius 1 is 1.20 bits per heavy atom. The van der Waals surface area contributed by atoms with E-state index in [4.69, 9.17) is 0 Å². The second kappa shape index (κ2) is 8.00. The highest BCUT2D eigenvalue weighted by Crippen LogP contribution is 2.17. The normalized spacial score (nSPS) is 10.8. The zero-order valence-electron chi connectivity index (χ0n) is 11.9.